The highest BCUT2D eigenvalue weighted by Gasteiger charge is 2.07. The summed E-state index contributed by atoms with van der Waals surface area (Å²) in [4.78, 5) is 10.5. The molecule has 0 atom stereocenters. The molecule has 5 nitrogen and oxygen atoms in total. The van der Waals surface area contributed by atoms with E-state index < -0.39 is 4.92 Å². The van der Waals surface area contributed by atoms with Crippen molar-refractivity contribution in [2.75, 3.05) is 19.0 Å². The second-order valence-corrected chi connectivity index (χ2v) is 3.15. The Morgan fingerprint density at radius 3 is 2.79 bits per heavy atom. The van der Waals surface area contributed by atoms with Gasteiger partial charge in [-0.3, -0.25) is 10.1 Å². The van der Waals surface area contributed by atoms with E-state index in [2.05, 4.69) is 23.3 Å². The minimum Gasteiger partial charge on any atom is -0.372 e. The van der Waals surface area contributed by atoms with Crippen molar-refractivity contribution in [2.45, 2.75) is 4.90 Å². The Balaban J connectivity index is 2.84. The summed E-state index contributed by atoms with van der Waals surface area (Å²) in [5, 5.41) is 16.3. The third-order valence-corrected chi connectivity index (χ3v) is 2.02. The first-order chi connectivity index (χ1) is 6.65. The van der Waals surface area contributed by atoms with E-state index in [9.17, 15) is 10.1 Å². The van der Waals surface area contributed by atoms with Crippen LogP contribution in [0.25, 0.3) is 0 Å². The first kappa shape index (κ1) is 10.8. The van der Waals surface area contributed by atoms with Crippen LogP contribution in [0.5, 0.6) is 0 Å². The number of nitro groups is 1. The number of hydrogen-bond acceptors (Lipinski definition) is 5. The lowest BCUT2D eigenvalue weighted by Gasteiger charge is -2.07. The van der Waals surface area contributed by atoms with E-state index in [4.69, 9.17) is 0 Å². The molecule has 0 aromatic heterocycles. The van der Waals surface area contributed by atoms with E-state index in [0.29, 0.717) is 11.6 Å². The molecule has 0 aliphatic carbocycles. The fourth-order valence-electron chi connectivity index (χ4n) is 0.967. The molecule has 1 aromatic rings. The number of nitro benzene ring substituents is 1. The first-order valence-electron chi connectivity index (χ1n) is 4.01. The third kappa shape index (κ3) is 2.61. The summed E-state index contributed by atoms with van der Waals surface area (Å²) in [6.45, 7) is 0.589. The second kappa shape index (κ2) is 4.83. The second-order valence-electron chi connectivity index (χ2n) is 2.67. The molecule has 0 bridgehead atoms. The van der Waals surface area contributed by atoms with Crippen molar-refractivity contribution in [1.82, 2.24) is 5.32 Å². The van der Waals surface area contributed by atoms with Crippen LogP contribution in [0.3, 0.4) is 0 Å². The van der Waals surface area contributed by atoms with Crippen LogP contribution in [-0.4, -0.2) is 18.6 Å². The Hall–Kier alpha value is -1.27. The van der Waals surface area contributed by atoms with Crippen LogP contribution in [-0.2, 0) is 0 Å². The van der Waals surface area contributed by atoms with E-state index in [1.165, 1.54) is 12.1 Å². The maximum atomic E-state index is 10.4. The lowest BCUT2D eigenvalue weighted by Crippen LogP contribution is -2.16. The molecule has 0 amide bonds. The molecule has 0 saturated carbocycles. The summed E-state index contributed by atoms with van der Waals surface area (Å²) in [5.74, 6) is 0. The molecule has 0 unspecified atom stereocenters. The standard InChI is InChI=1S/C8H11N3O2S/c1-9-5-10-7-3-2-6(11(12)13)4-8(7)14/h2-4,9-10,14H,5H2,1H3. The van der Waals surface area contributed by atoms with E-state index in [1.807, 2.05) is 0 Å². The molecule has 0 heterocycles. The Morgan fingerprint density at radius 2 is 2.29 bits per heavy atom. The predicted octanol–water partition coefficient (Wildman–Crippen LogP) is 1.47. The number of nitrogens with one attached hydrogen (secondary N) is 2. The molecule has 0 aliphatic heterocycles. The van der Waals surface area contributed by atoms with Crippen LogP contribution >= 0.6 is 12.6 Å². The molecule has 0 saturated heterocycles. The number of thiol groups is 1. The number of non-ortho nitro benzene ring substituents is 1. The van der Waals surface area contributed by atoms with Crippen LogP contribution in [0.1, 0.15) is 0 Å². The van der Waals surface area contributed by atoms with Crippen LogP contribution < -0.4 is 10.6 Å². The molecular formula is C8H11N3O2S. The molecule has 1 aromatic carbocycles. The number of nitrogens with zero attached hydrogens (tertiary/aromatic N) is 1. The molecule has 0 spiro atoms. The van der Waals surface area contributed by atoms with Gasteiger partial charge in [-0.05, 0) is 13.1 Å². The molecule has 0 fully saturated rings. The van der Waals surface area contributed by atoms with Crippen LogP contribution in [0.15, 0.2) is 23.1 Å². The van der Waals surface area contributed by atoms with Gasteiger partial charge >= 0.3 is 0 Å². The monoisotopic (exact) mass is 213 g/mol. The van der Waals surface area contributed by atoms with Crippen molar-refractivity contribution in [3.63, 3.8) is 0 Å². The number of anilines is 1. The lowest BCUT2D eigenvalue weighted by atomic mass is 10.3. The van der Waals surface area contributed by atoms with Gasteiger partial charge in [0.05, 0.1) is 11.6 Å². The zero-order valence-electron chi connectivity index (χ0n) is 7.65. The SMILES string of the molecule is CNCNc1ccc([N+](=O)[O-])cc1S. The Kier molecular flexibility index (Phi) is 3.73. The minimum absolute atomic E-state index is 0.0463. The van der Waals surface area contributed by atoms with E-state index >= 15 is 0 Å². The normalized spacial score (nSPS) is 9.86. The van der Waals surface area contributed by atoms with Gasteiger partial charge < -0.3 is 10.6 Å². The van der Waals surface area contributed by atoms with Crippen molar-refractivity contribution >= 4 is 24.0 Å². The predicted molar refractivity (Wildman–Crippen MR) is 57.9 cm³/mol. The zero-order valence-corrected chi connectivity index (χ0v) is 8.54. The van der Waals surface area contributed by atoms with Gasteiger partial charge in [0.25, 0.3) is 5.69 Å². The van der Waals surface area contributed by atoms with Gasteiger partial charge in [-0.1, -0.05) is 0 Å². The van der Waals surface area contributed by atoms with Gasteiger partial charge in [-0.2, -0.15) is 0 Å². The summed E-state index contributed by atoms with van der Waals surface area (Å²) < 4.78 is 0. The molecular weight excluding hydrogens is 202 g/mol. The largest absolute Gasteiger partial charge is 0.372 e. The van der Waals surface area contributed by atoms with Crippen molar-refractivity contribution in [3.8, 4) is 0 Å². The average Bonchev–Trinajstić information content (AvgIpc) is 2.15. The molecule has 0 aliphatic rings. The number of benzene rings is 1. The Bertz CT molecular complexity index is 343. The zero-order chi connectivity index (χ0) is 10.6. The summed E-state index contributed by atoms with van der Waals surface area (Å²) in [7, 11) is 1.80. The quantitative estimate of drug-likeness (QED) is 0.307. The van der Waals surface area contributed by atoms with Gasteiger partial charge in [0.15, 0.2) is 0 Å². The van der Waals surface area contributed by atoms with E-state index in [1.54, 1.807) is 13.1 Å². The van der Waals surface area contributed by atoms with Gasteiger partial charge in [0.1, 0.15) is 0 Å². The van der Waals surface area contributed by atoms with Gasteiger partial charge in [-0.25, -0.2) is 0 Å². The van der Waals surface area contributed by atoms with Crippen molar-refractivity contribution in [2.24, 2.45) is 0 Å². The van der Waals surface area contributed by atoms with Gasteiger partial charge in [0.2, 0.25) is 0 Å². The maximum Gasteiger partial charge on any atom is 0.270 e. The summed E-state index contributed by atoms with van der Waals surface area (Å²) >= 11 is 4.14. The molecule has 0 radical (unpaired) electrons. The number of rotatable bonds is 4. The van der Waals surface area contributed by atoms with Crippen molar-refractivity contribution in [1.29, 1.82) is 0 Å². The maximum absolute atomic E-state index is 10.4. The highest BCUT2D eigenvalue weighted by atomic mass is 32.1. The molecule has 6 heteroatoms. The molecule has 2 N–H and O–H groups in total. The number of hydrogen-bond donors (Lipinski definition) is 3. The minimum atomic E-state index is -0.443. The Labute approximate surface area is 87.1 Å². The van der Waals surface area contributed by atoms with Gasteiger partial charge in [0, 0.05) is 22.7 Å². The Morgan fingerprint density at radius 1 is 1.57 bits per heavy atom. The highest BCUT2D eigenvalue weighted by Crippen LogP contribution is 2.24. The first-order valence-corrected chi connectivity index (χ1v) is 4.45. The van der Waals surface area contributed by atoms with Crippen LogP contribution in [0.2, 0.25) is 0 Å². The summed E-state index contributed by atoms with van der Waals surface area (Å²) in [5.41, 5.74) is 0.818. The molecule has 76 valence electrons. The molecule has 1 rings (SSSR count). The van der Waals surface area contributed by atoms with Crippen molar-refractivity contribution in [3.05, 3.63) is 28.3 Å². The lowest BCUT2D eigenvalue weighted by molar-refractivity contribution is -0.385. The van der Waals surface area contributed by atoms with E-state index in [0.717, 1.165) is 5.69 Å². The summed E-state index contributed by atoms with van der Waals surface area (Å²) in [6.07, 6.45) is 0. The fourth-order valence-corrected chi connectivity index (χ4v) is 1.25. The smallest absolute Gasteiger partial charge is 0.270 e. The topological polar surface area (TPSA) is 67.2 Å². The fraction of sp³-hybridized carbons (Fsp3) is 0.250. The summed E-state index contributed by atoms with van der Waals surface area (Å²) in [6, 6.07) is 4.50. The van der Waals surface area contributed by atoms with E-state index in [-0.39, 0.29) is 5.69 Å². The van der Waals surface area contributed by atoms with Crippen LogP contribution in [0.4, 0.5) is 11.4 Å². The third-order valence-electron chi connectivity index (χ3n) is 1.65. The van der Waals surface area contributed by atoms with Crippen LogP contribution in [0, 0.1) is 10.1 Å². The molecule has 14 heavy (non-hydrogen) atoms. The highest BCUT2D eigenvalue weighted by molar-refractivity contribution is 7.80. The average molecular weight is 213 g/mol. The van der Waals surface area contributed by atoms with Crippen molar-refractivity contribution < 1.29 is 4.92 Å². The van der Waals surface area contributed by atoms with Gasteiger partial charge in [-0.15, -0.1) is 12.6 Å².